The van der Waals surface area contributed by atoms with Crippen LogP contribution in [0.25, 0.3) is 0 Å². The molecule has 0 spiro atoms. The summed E-state index contributed by atoms with van der Waals surface area (Å²) in [5.41, 5.74) is 3.21. The Hall–Kier alpha value is -2.34. The van der Waals surface area contributed by atoms with E-state index in [0.29, 0.717) is 18.0 Å². The predicted octanol–water partition coefficient (Wildman–Crippen LogP) is 1.97. The van der Waals surface area contributed by atoms with Crippen molar-refractivity contribution in [2.75, 3.05) is 11.9 Å². The van der Waals surface area contributed by atoms with Crippen LogP contribution in [0, 0.1) is 13.8 Å². The minimum absolute atomic E-state index is 0.195. The monoisotopic (exact) mass is 303 g/mol. The van der Waals surface area contributed by atoms with Crippen molar-refractivity contribution in [3.05, 3.63) is 41.5 Å². The maximum Gasteiger partial charge on any atom is 0.253 e. The van der Waals surface area contributed by atoms with Gasteiger partial charge in [-0.25, -0.2) is 4.98 Å². The zero-order chi connectivity index (χ0) is 16.1. The number of rotatable bonds is 6. The number of aromatic nitrogens is 2. The number of benzene rings is 1. The Bertz CT molecular complexity index is 638. The largest absolute Gasteiger partial charge is 0.494 e. The van der Waals surface area contributed by atoms with Crippen LogP contribution in [0.1, 0.15) is 23.7 Å². The van der Waals surface area contributed by atoms with E-state index < -0.39 is 12.0 Å². The Morgan fingerprint density at radius 2 is 2.18 bits per heavy atom. The standard InChI is InChI=1S/C16H21N3O3/c1-4-22-15-6-10(2)13(5-11(15)3)19-16(21)14(20)7-12-8-17-9-18-12/h5-6,8-9,14,20H,4,7H2,1-3H3,(H,17,18)(H,19,21)/t14-/m0/s1. The maximum absolute atomic E-state index is 12.1. The number of H-pyrrole nitrogens is 1. The van der Waals surface area contributed by atoms with Gasteiger partial charge in [0.1, 0.15) is 11.9 Å². The van der Waals surface area contributed by atoms with Crippen LogP contribution < -0.4 is 10.1 Å². The smallest absolute Gasteiger partial charge is 0.253 e. The number of carbonyl (C=O) groups excluding carboxylic acids is 1. The van der Waals surface area contributed by atoms with Gasteiger partial charge in [-0.1, -0.05) is 0 Å². The third-order valence-electron chi connectivity index (χ3n) is 3.35. The molecule has 0 unspecified atom stereocenters. The summed E-state index contributed by atoms with van der Waals surface area (Å²) >= 11 is 0. The molecular weight excluding hydrogens is 282 g/mol. The van der Waals surface area contributed by atoms with Crippen molar-refractivity contribution >= 4 is 11.6 Å². The van der Waals surface area contributed by atoms with Crippen LogP contribution in [0.2, 0.25) is 0 Å². The summed E-state index contributed by atoms with van der Waals surface area (Å²) in [5, 5.41) is 12.7. The fourth-order valence-electron chi connectivity index (χ4n) is 2.15. The van der Waals surface area contributed by atoms with Crippen molar-refractivity contribution in [3.8, 4) is 5.75 Å². The number of hydrogen-bond acceptors (Lipinski definition) is 4. The summed E-state index contributed by atoms with van der Waals surface area (Å²) in [6, 6.07) is 3.73. The number of aromatic amines is 1. The molecule has 0 saturated carbocycles. The third kappa shape index (κ3) is 3.85. The molecule has 118 valence electrons. The zero-order valence-electron chi connectivity index (χ0n) is 13.0. The average Bonchev–Trinajstić information content (AvgIpc) is 2.97. The molecule has 0 bridgehead atoms. The van der Waals surface area contributed by atoms with Crippen LogP contribution in [0.5, 0.6) is 5.75 Å². The fourth-order valence-corrected chi connectivity index (χ4v) is 2.15. The summed E-state index contributed by atoms with van der Waals surface area (Å²) < 4.78 is 5.52. The van der Waals surface area contributed by atoms with E-state index >= 15 is 0 Å². The van der Waals surface area contributed by atoms with Gasteiger partial charge in [-0.2, -0.15) is 0 Å². The molecule has 6 nitrogen and oxygen atoms in total. The van der Waals surface area contributed by atoms with Crippen molar-refractivity contribution in [2.45, 2.75) is 33.3 Å². The number of imidazole rings is 1. The SMILES string of the molecule is CCOc1cc(C)c(NC(=O)[C@@H](O)Cc2cnc[nH]2)cc1C. The van der Waals surface area contributed by atoms with E-state index in [-0.39, 0.29) is 6.42 Å². The predicted molar refractivity (Wildman–Crippen MR) is 84.0 cm³/mol. The summed E-state index contributed by atoms with van der Waals surface area (Å²) in [7, 11) is 0. The first-order valence-corrected chi connectivity index (χ1v) is 7.21. The van der Waals surface area contributed by atoms with Gasteiger partial charge in [0, 0.05) is 24.0 Å². The molecule has 0 aliphatic carbocycles. The fraction of sp³-hybridized carbons (Fsp3) is 0.375. The van der Waals surface area contributed by atoms with Crippen molar-refractivity contribution < 1.29 is 14.6 Å². The lowest BCUT2D eigenvalue weighted by atomic mass is 10.1. The summed E-state index contributed by atoms with van der Waals surface area (Å²) in [6.45, 7) is 6.32. The molecule has 1 aromatic heterocycles. The highest BCUT2D eigenvalue weighted by Gasteiger charge is 2.17. The van der Waals surface area contributed by atoms with Gasteiger partial charge < -0.3 is 20.1 Å². The topological polar surface area (TPSA) is 87.2 Å². The lowest BCUT2D eigenvalue weighted by Gasteiger charge is -2.15. The second-order valence-corrected chi connectivity index (χ2v) is 5.15. The minimum atomic E-state index is -1.13. The second-order valence-electron chi connectivity index (χ2n) is 5.15. The summed E-state index contributed by atoms with van der Waals surface area (Å²) in [5.74, 6) is 0.359. The number of aliphatic hydroxyl groups is 1. The molecule has 6 heteroatoms. The number of nitrogens with zero attached hydrogens (tertiary/aromatic N) is 1. The van der Waals surface area contributed by atoms with Crippen molar-refractivity contribution in [3.63, 3.8) is 0 Å². The minimum Gasteiger partial charge on any atom is -0.494 e. The van der Waals surface area contributed by atoms with Crippen LogP contribution in [0.4, 0.5) is 5.69 Å². The van der Waals surface area contributed by atoms with Crippen molar-refractivity contribution in [2.24, 2.45) is 0 Å². The van der Waals surface area contributed by atoms with Gasteiger partial charge in [0.05, 0.1) is 12.9 Å². The van der Waals surface area contributed by atoms with E-state index in [1.807, 2.05) is 32.9 Å². The molecule has 0 fully saturated rings. The van der Waals surface area contributed by atoms with Gasteiger partial charge in [0.2, 0.25) is 0 Å². The Morgan fingerprint density at radius 3 is 2.82 bits per heavy atom. The normalized spacial score (nSPS) is 12.0. The molecule has 22 heavy (non-hydrogen) atoms. The number of aryl methyl sites for hydroxylation is 2. The van der Waals surface area contributed by atoms with Gasteiger partial charge >= 0.3 is 0 Å². The Kier molecular flexibility index (Phi) is 5.16. The highest BCUT2D eigenvalue weighted by Crippen LogP contribution is 2.26. The average molecular weight is 303 g/mol. The summed E-state index contributed by atoms with van der Waals surface area (Å²) in [6.07, 6.45) is 2.16. The molecule has 2 aromatic rings. The van der Waals surface area contributed by atoms with Gasteiger partial charge in [0.15, 0.2) is 0 Å². The quantitative estimate of drug-likeness (QED) is 0.761. The number of aliphatic hydroxyl groups excluding tert-OH is 1. The first-order valence-electron chi connectivity index (χ1n) is 7.21. The molecule has 1 heterocycles. The molecule has 0 saturated heterocycles. The van der Waals surface area contributed by atoms with Crippen LogP contribution in [-0.2, 0) is 11.2 Å². The van der Waals surface area contributed by atoms with E-state index in [1.54, 1.807) is 6.20 Å². The number of nitrogens with one attached hydrogen (secondary N) is 2. The molecule has 1 aromatic carbocycles. The number of ether oxygens (including phenoxy) is 1. The van der Waals surface area contributed by atoms with E-state index in [1.165, 1.54) is 6.33 Å². The highest BCUT2D eigenvalue weighted by atomic mass is 16.5. The summed E-state index contributed by atoms with van der Waals surface area (Å²) in [4.78, 5) is 18.8. The van der Waals surface area contributed by atoms with Crippen LogP contribution in [0.3, 0.4) is 0 Å². The van der Waals surface area contributed by atoms with E-state index in [0.717, 1.165) is 16.9 Å². The number of carbonyl (C=O) groups is 1. The van der Waals surface area contributed by atoms with Crippen molar-refractivity contribution in [1.29, 1.82) is 0 Å². The Labute approximate surface area is 129 Å². The van der Waals surface area contributed by atoms with Gasteiger partial charge in [-0.05, 0) is 44.0 Å². The van der Waals surface area contributed by atoms with Crippen molar-refractivity contribution in [1.82, 2.24) is 9.97 Å². The Balaban J connectivity index is 2.06. The van der Waals surface area contributed by atoms with Gasteiger partial charge in [-0.15, -0.1) is 0 Å². The first-order chi connectivity index (χ1) is 10.5. The second kappa shape index (κ2) is 7.09. The molecular formula is C16H21N3O3. The maximum atomic E-state index is 12.1. The van der Waals surface area contributed by atoms with E-state index in [4.69, 9.17) is 4.74 Å². The first kappa shape index (κ1) is 16.0. The lowest BCUT2D eigenvalue weighted by molar-refractivity contribution is -0.123. The molecule has 0 aliphatic rings. The number of anilines is 1. The molecule has 1 atom stereocenters. The third-order valence-corrected chi connectivity index (χ3v) is 3.35. The van der Waals surface area contributed by atoms with Crippen LogP contribution in [-0.4, -0.2) is 33.7 Å². The molecule has 1 amide bonds. The van der Waals surface area contributed by atoms with E-state index in [2.05, 4.69) is 15.3 Å². The highest BCUT2D eigenvalue weighted by molar-refractivity contribution is 5.95. The molecule has 0 aliphatic heterocycles. The molecule has 2 rings (SSSR count). The Morgan fingerprint density at radius 1 is 1.41 bits per heavy atom. The lowest BCUT2D eigenvalue weighted by Crippen LogP contribution is -2.30. The number of amides is 1. The van der Waals surface area contributed by atoms with Gasteiger partial charge in [0.25, 0.3) is 5.91 Å². The zero-order valence-corrected chi connectivity index (χ0v) is 13.0. The molecule has 3 N–H and O–H groups in total. The number of hydrogen-bond donors (Lipinski definition) is 3. The van der Waals surface area contributed by atoms with Crippen LogP contribution in [0.15, 0.2) is 24.7 Å². The van der Waals surface area contributed by atoms with Gasteiger partial charge in [-0.3, -0.25) is 4.79 Å². The van der Waals surface area contributed by atoms with E-state index in [9.17, 15) is 9.90 Å². The molecule has 0 radical (unpaired) electrons. The van der Waals surface area contributed by atoms with Crippen LogP contribution >= 0.6 is 0 Å².